The fourth-order valence-corrected chi connectivity index (χ4v) is 2.67. The molecule has 0 saturated carbocycles. The highest BCUT2D eigenvalue weighted by atomic mass is 16.2. The Morgan fingerprint density at radius 1 is 1.24 bits per heavy atom. The highest BCUT2D eigenvalue weighted by molar-refractivity contribution is 5.25. The van der Waals surface area contributed by atoms with Gasteiger partial charge >= 0.3 is 0 Å². The van der Waals surface area contributed by atoms with E-state index in [1.165, 1.54) is 16.8 Å². The van der Waals surface area contributed by atoms with E-state index >= 15 is 0 Å². The van der Waals surface area contributed by atoms with E-state index < -0.39 is 0 Å². The van der Waals surface area contributed by atoms with Gasteiger partial charge in [-0.3, -0.25) is 4.68 Å². The van der Waals surface area contributed by atoms with Crippen LogP contribution in [0.3, 0.4) is 0 Å². The van der Waals surface area contributed by atoms with Crippen molar-refractivity contribution < 1.29 is 5.11 Å². The molecule has 2 N–H and O–H groups in total. The Morgan fingerprint density at radius 2 is 1.95 bits per heavy atom. The number of aliphatic hydroxyl groups is 1. The number of aryl methyl sites for hydroxylation is 2. The maximum Gasteiger partial charge on any atom is 0.0641 e. The molecule has 1 aromatic heterocycles. The summed E-state index contributed by atoms with van der Waals surface area (Å²) in [5, 5.41) is 17.2. The van der Waals surface area contributed by atoms with Gasteiger partial charge in [0.05, 0.1) is 5.69 Å². The summed E-state index contributed by atoms with van der Waals surface area (Å²) in [6.45, 7) is 5.18. The van der Waals surface area contributed by atoms with Crippen LogP contribution in [0.25, 0.3) is 0 Å². The van der Waals surface area contributed by atoms with E-state index in [-0.39, 0.29) is 12.6 Å². The van der Waals surface area contributed by atoms with Crippen LogP contribution >= 0.6 is 0 Å². The first kappa shape index (κ1) is 15.7. The Morgan fingerprint density at radius 3 is 2.52 bits per heavy atom. The van der Waals surface area contributed by atoms with Gasteiger partial charge in [0, 0.05) is 37.5 Å². The summed E-state index contributed by atoms with van der Waals surface area (Å²) in [6.07, 6.45) is 1.73. The third-order valence-corrected chi connectivity index (χ3v) is 4.04. The molecule has 0 fully saturated rings. The Kier molecular flexibility index (Phi) is 5.53. The smallest absolute Gasteiger partial charge is 0.0641 e. The predicted molar refractivity (Wildman–Crippen MR) is 85.0 cm³/mol. The lowest BCUT2D eigenvalue weighted by molar-refractivity contribution is 0.275. The Bertz CT molecular complexity index is 563. The molecule has 1 unspecified atom stereocenters. The van der Waals surface area contributed by atoms with E-state index in [2.05, 4.69) is 48.5 Å². The first-order chi connectivity index (χ1) is 10.1. The van der Waals surface area contributed by atoms with Crippen LogP contribution in [0.1, 0.15) is 41.4 Å². The molecule has 1 heterocycles. The number of hydrogen-bond acceptors (Lipinski definition) is 3. The molecule has 0 aliphatic heterocycles. The van der Waals surface area contributed by atoms with Crippen molar-refractivity contribution in [3.05, 3.63) is 52.8 Å². The second-order valence-electron chi connectivity index (χ2n) is 5.48. The van der Waals surface area contributed by atoms with Gasteiger partial charge in [-0.05, 0) is 32.3 Å². The molecule has 0 aliphatic carbocycles. The van der Waals surface area contributed by atoms with Gasteiger partial charge in [0.15, 0.2) is 0 Å². The van der Waals surface area contributed by atoms with E-state index in [1.54, 1.807) is 0 Å². The van der Waals surface area contributed by atoms with Gasteiger partial charge in [-0.2, -0.15) is 5.10 Å². The molecular formula is C17H25N3O. The van der Waals surface area contributed by atoms with E-state index in [0.717, 1.165) is 25.1 Å². The second kappa shape index (κ2) is 7.38. The lowest BCUT2D eigenvalue weighted by atomic mass is 10.0. The summed E-state index contributed by atoms with van der Waals surface area (Å²) in [5.74, 6) is 0. The van der Waals surface area contributed by atoms with Crippen molar-refractivity contribution >= 4 is 0 Å². The molecule has 1 atom stereocenters. The molecule has 4 nitrogen and oxygen atoms in total. The average Bonchev–Trinajstić information content (AvgIpc) is 2.74. The van der Waals surface area contributed by atoms with Gasteiger partial charge in [0.2, 0.25) is 0 Å². The van der Waals surface area contributed by atoms with Crippen LogP contribution < -0.4 is 5.32 Å². The van der Waals surface area contributed by atoms with Crippen molar-refractivity contribution in [2.75, 3.05) is 6.61 Å². The van der Waals surface area contributed by atoms with Crippen LogP contribution in [-0.2, 0) is 13.6 Å². The van der Waals surface area contributed by atoms with Crippen molar-refractivity contribution in [2.45, 2.75) is 39.3 Å². The molecule has 0 saturated heterocycles. The summed E-state index contributed by atoms with van der Waals surface area (Å²) in [6, 6.07) is 10.7. The molecule has 0 radical (unpaired) electrons. The lowest BCUT2D eigenvalue weighted by Crippen LogP contribution is -2.22. The van der Waals surface area contributed by atoms with Gasteiger partial charge in [-0.25, -0.2) is 0 Å². The highest BCUT2D eigenvalue weighted by Crippen LogP contribution is 2.20. The molecule has 0 amide bonds. The number of aromatic nitrogens is 2. The van der Waals surface area contributed by atoms with Gasteiger partial charge in [-0.1, -0.05) is 30.3 Å². The minimum Gasteiger partial charge on any atom is -0.396 e. The largest absolute Gasteiger partial charge is 0.396 e. The summed E-state index contributed by atoms with van der Waals surface area (Å²) in [4.78, 5) is 0. The Labute approximate surface area is 126 Å². The summed E-state index contributed by atoms with van der Waals surface area (Å²) in [7, 11) is 1.98. The Balaban J connectivity index is 2.09. The van der Waals surface area contributed by atoms with E-state index in [4.69, 9.17) is 5.11 Å². The van der Waals surface area contributed by atoms with E-state index in [9.17, 15) is 0 Å². The van der Waals surface area contributed by atoms with Gasteiger partial charge in [0.25, 0.3) is 0 Å². The molecule has 0 spiro atoms. The van der Waals surface area contributed by atoms with Gasteiger partial charge < -0.3 is 10.4 Å². The predicted octanol–water partition coefficient (Wildman–Crippen LogP) is 2.64. The average molecular weight is 287 g/mol. The molecule has 4 heteroatoms. The highest BCUT2D eigenvalue weighted by Gasteiger charge is 2.14. The molecule has 0 bridgehead atoms. The number of nitrogens with one attached hydrogen (secondary N) is 1. The van der Waals surface area contributed by atoms with Crippen LogP contribution in [0.2, 0.25) is 0 Å². The van der Waals surface area contributed by atoms with Crippen LogP contribution in [0.15, 0.2) is 30.3 Å². The first-order valence-electron chi connectivity index (χ1n) is 7.51. The lowest BCUT2D eigenvalue weighted by Gasteiger charge is -2.19. The third kappa shape index (κ3) is 3.93. The molecule has 2 rings (SSSR count). The molecule has 2 aromatic rings. The minimum atomic E-state index is 0.232. The molecular weight excluding hydrogens is 262 g/mol. The third-order valence-electron chi connectivity index (χ3n) is 4.04. The SMILES string of the molecule is Cc1nn(C)c(C)c1CNC(CCCO)c1ccccc1. The van der Waals surface area contributed by atoms with Crippen LogP contribution in [-0.4, -0.2) is 21.5 Å². The minimum absolute atomic E-state index is 0.232. The normalized spacial score (nSPS) is 12.6. The summed E-state index contributed by atoms with van der Waals surface area (Å²) < 4.78 is 1.93. The number of rotatable bonds is 7. The maximum absolute atomic E-state index is 9.10. The van der Waals surface area contributed by atoms with Crippen molar-refractivity contribution in [1.29, 1.82) is 0 Å². The monoisotopic (exact) mass is 287 g/mol. The molecule has 0 aliphatic rings. The van der Waals surface area contributed by atoms with Crippen molar-refractivity contribution in [3.63, 3.8) is 0 Å². The fourth-order valence-electron chi connectivity index (χ4n) is 2.67. The fraction of sp³-hybridized carbons (Fsp3) is 0.471. The first-order valence-corrected chi connectivity index (χ1v) is 7.51. The standard InChI is InChI=1S/C17H25N3O/c1-13-16(14(2)20(3)19-13)12-18-17(10-7-11-21)15-8-5-4-6-9-15/h4-6,8-9,17-18,21H,7,10-12H2,1-3H3. The van der Waals surface area contributed by atoms with Crippen molar-refractivity contribution in [3.8, 4) is 0 Å². The zero-order valence-corrected chi connectivity index (χ0v) is 13.1. The number of hydrogen-bond donors (Lipinski definition) is 2. The van der Waals surface area contributed by atoms with Crippen LogP contribution in [0, 0.1) is 13.8 Å². The number of aliphatic hydroxyl groups excluding tert-OH is 1. The van der Waals surface area contributed by atoms with E-state index in [0.29, 0.717) is 0 Å². The topological polar surface area (TPSA) is 50.1 Å². The quantitative estimate of drug-likeness (QED) is 0.823. The summed E-state index contributed by atoms with van der Waals surface area (Å²) in [5.41, 5.74) is 4.82. The van der Waals surface area contributed by atoms with Crippen molar-refractivity contribution in [1.82, 2.24) is 15.1 Å². The number of nitrogens with zero attached hydrogens (tertiary/aromatic N) is 2. The van der Waals surface area contributed by atoms with E-state index in [1.807, 2.05) is 17.8 Å². The molecule has 1 aromatic carbocycles. The van der Waals surface area contributed by atoms with Crippen LogP contribution in [0.5, 0.6) is 0 Å². The maximum atomic E-state index is 9.10. The van der Waals surface area contributed by atoms with Gasteiger partial charge in [-0.15, -0.1) is 0 Å². The number of benzene rings is 1. The second-order valence-corrected chi connectivity index (χ2v) is 5.48. The van der Waals surface area contributed by atoms with Gasteiger partial charge in [0.1, 0.15) is 0 Å². The molecule has 21 heavy (non-hydrogen) atoms. The molecule has 114 valence electrons. The zero-order valence-electron chi connectivity index (χ0n) is 13.1. The summed E-state index contributed by atoms with van der Waals surface area (Å²) >= 11 is 0. The zero-order chi connectivity index (χ0) is 15.2. The Hall–Kier alpha value is -1.65. The van der Waals surface area contributed by atoms with Crippen LogP contribution in [0.4, 0.5) is 0 Å². The van der Waals surface area contributed by atoms with Crippen molar-refractivity contribution in [2.24, 2.45) is 7.05 Å².